The van der Waals surface area contributed by atoms with Crippen molar-refractivity contribution in [2.24, 2.45) is 0 Å². The fraction of sp³-hybridized carbons (Fsp3) is 0.304. The lowest BCUT2D eigenvalue weighted by Crippen LogP contribution is -2.45. The molecule has 2 aromatic rings. The van der Waals surface area contributed by atoms with Crippen LogP contribution in [0.25, 0.3) is 0 Å². The van der Waals surface area contributed by atoms with Crippen LogP contribution in [0, 0.1) is 13.8 Å². The first kappa shape index (κ1) is 20.5. The molecule has 0 fully saturated rings. The van der Waals surface area contributed by atoms with Gasteiger partial charge < -0.3 is 20.1 Å². The van der Waals surface area contributed by atoms with Gasteiger partial charge in [-0.15, -0.1) is 0 Å². The molecule has 152 valence electrons. The van der Waals surface area contributed by atoms with Crippen LogP contribution >= 0.6 is 0 Å². The van der Waals surface area contributed by atoms with Crippen LogP contribution < -0.4 is 15.4 Å². The number of rotatable bonds is 5. The number of allylic oxidation sites excluding steroid dienone is 1. The fourth-order valence-electron chi connectivity index (χ4n) is 3.16. The van der Waals surface area contributed by atoms with Gasteiger partial charge >= 0.3 is 12.0 Å². The van der Waals surface area contributed by atoms with E-state index in [0.717, 1.165) is 22.4 Å². The van der Waals surface area contributed by atoms with Crippen molar-refractivity contribution in [1.82, 2.24) is 10.6 Å². The maximum absolute atomic E-state index is 12.6. The first-order chi connectivity index (χ1) is 13.7. The zero-order chi connectivity index (χ0) is 21.1. The molecule has 1 heterocycles. The SMILES string of the molecule is CC1=C(C(=O)OC(C)C)C(c2ccc(Oc3cc(C)ccc3C)cc2)NC(=O)N1. The quantitative estimate of drug-likeness (QED) is 0.722. The summed E-state index contributed by atoms with van der Waals surface area (Å²) >= 11 is 0. The van der Waals surface area contributed by atoms with Crippen LogP contribution in [-0.4, -0.2) is 18.1 Å². The highest BCUT2D eigenvalue weighted by Gasteiger charge is 2.32. The lowest BCUT2D eigenvalue weighted by atomic mass is 9.95. The third-order valence-corrected chi connectivity index (χ3v) is 4.62. The van der Waals surface area contributed by atoms with Crippen LogP contribution in [0.1, 0.15) is 43.5 Å². The zero-order valence-electron chi connectivity index (χ0n) is 17.3. The highest BCUT2D eigenvalue weighted by Crippen LogP contribution is 2.31. The number of amides is 2. The number of ether oxygens (including phenoxy) is 2. The van der Waals surface area contributed by atoms with Gasteiger partial charge in [-0.3, -0.25) is 0 Å². The second-order valence-corrected chi connectivity index (χ2v) is 7.46. The first-order valence-corrected chi connectivity index (χ1v) is 9.59. The molecule has 1 unspecified atom stereocenters. The number of hydrogen-bond acceptors (Lipinski definition) is 4. The Hall–Kier alpha value is -3.28. The molecule has 2 N–H and O–H groups in total. The molecule has 29 heavy (non-hydrogen) atoms. The molecule has 2 aromatic carbocycles. The highest BCUT2D eigenvalue weighted by atomic mass is 16.5. The Morgan fingerprint density at radius 1 is 1.03 bits per heavy atom. The second-order valence-electron chi connectivity index (χ2n) is 7.46. The van der Waals surface area contributed by atoms with Crippen molar-refractivity contribution in [3.05, 3.63) is 70.4 Å². The van der Waals surface area contributed by atoms with E-state index in [1.165, 1.54) is 0 Å². The summed E-state index contributed by atoms with van der Waals surface area (Å²) in [6.07, 6.45) is -0.255. The van der Waals surface area contributed by atoms with Crippen molar-refractivity contribution in [2.45, 2.75) is 46.8 Å². The topological polar surface area (TPSA) is 76.7 Å². The zero-order valence-corrected chi connectivity index (χ0v) is 17.3. The maximum Gasteiger partial charge on any atom is 0.338 e. The summed E-state index contributed by atoms with van der Waals surface area (Å²) in [6.45, 7) is 9.28. The molecule has 3 rings (SSSR count). The summed E-state index contributed by atoms with van der Waals surface area (Å²) in [6, 6.07) is 12.4. The van der Waals surface area contributed by atoms with Crippen LogP contribution in [0.5, 0.6) is 11.5 Å². The molecule has 0 bridgehead atoms. The van der Waals surface area contributed by atoms with Crippen molar-refractivity contribution in [3.63, 3.8) is 0 Å². The van der Waals surface area contributed by atoms with E-state index in [9.17, 15) is 9.59 Å². The van der Waals surface area contributed by atoms with Gasteiger partial charge in [-0.25, -0.2) is 9.59 Å². The molecule has 1 atom stereocenters. The van der Waals surface area contributed by atoms with E-state index in [2.05, 4.69) is 10.6 Å². The molecule has 0 aromatic heterocycles. The minimum absolute atomic E-state index is 0.255. The molecular weight excluding hydrogens is 368 g/mol. The summed E-state index contributed by atoms with van der Waals surface area (Å²) in [7, 11) is 0. The Bertz CT molecular complexity index is 961. The van der Waals surface area contributed by atoms with Gasteiger partial charge in [-0.05, 0) is 69.5 Å². The monoisotopic (exact) mass is 394 g/mol. The smallest absolute Gasteiger partial charge is 0.338 e. The third-order valence-electron chi connectivity index (χ3n) is 4.62. The van der Waals surface area contributed by atoms with E-state index in [0.29, 0.717) is 17.0 Å². The van der Waals surface area contributed by atoms with Crippen LogP contribution in [0.3, 0.4) is 0 Å². The average Bonchev–Trinajstić information content (AvgIpc) is 2.64. The van der Waals surface area contributed by atoms with E-state index in [-0.39, 0.29) is 12.1 Å². The second kappa shape index (κ2) is 8.39. The Morgan fingerprint density at radius 2 is 1.72 bits per heavy atom. The number of benzene rings is 2. The van der Waals surface area contributed by atoms with Gasteiger partial charge in [0.05, 0.1) is 17.7 Å². The van der Waals surface area contributed by atoms with Crippen molar-refractivity contribution < 1.29 is 19.1 Å². The Kier molecular flexibility index (Phi) is 5.92. The molecule has 1 aliphatic rings. The van der Waals surface area contributed by atoms with Gasteiger partial charge in [-0.2, -0.15) is 0 Å². The van der Waals surface area contributed by atoms with E-state index in [4.69, 9.17) is 9.47 Å². The summed E-state index contributed by atoms with van der Waals surface area (Å²) in [5, 5.41) is 5.45. The molecule has 6 heteroatoms. The van der Waals surface area contributed by atoms with Crippen molar-refractivity contribution in [2.75, 3.05) is 0 Å². The summed E-state index contributed by atoms with van der Waals surface area (Å²) in [5.74, 6) is 1.02. The van der Waals surface area contributed by atoms with Gasteiger partial charge in [0.2, 0.25) is 0 Å². The number of nitrogens with one attached hydrogen (secondary N) is 2. The summed E-state index contributed by atoms with van der Waals surface area (Å²) in [4.78, 5) is 24.6. The molecule has 0 aliphatic carbocycles. The summed E-state index contributed by atoms with van der Waals surface area (Å²) < 4.78 is 11.4. The largest absolute Gasteiger partial charge is 0.459 e. The van der Waals surface area contributed by atoms with E-state index < -0.39 is 12.0 Å². The number of esters is 1. The third kappa shape index (κ3) is 4.77. The van der Waals surface area contributed by atoms with Crippen LogP contribution in [0.4, 0.5) is 4.79 Å². The average molecular weight is 394 g/mol. The van der Waals surface area contributed by atoms with Crippen molar-refractivity contribution in [3.8, 4) is 11.5 Å². The van der Waals surface area contributed by atoms with Gasteiger partial charge in [0.1, 0.15) is 11.5 Å². The molecule has 0 spiro atoms. The van der Waals surface area contributed by atoms with Crippen LogP contribution in [-0.2, 0) is 9.53 Å². The van der Waals surface area contributed by atoms with Crippen LogP contribution in [0.15, 0.2) is 53.7 Å². The van der Waals surface area contributed by atoms with Gasteiger partial charge in [0, 0.05) is 5.70 Å². The minimum atomic E-state index is -0.593. The van der Waals surface area contributed by atoms with Gasteiger partial charge in [0.15, 0.2) is 0 Å². The van der Waals surface area contributed by atoms with Gasteiger partial charge in [-0.1, -0.05) is 24.3 Å². The summed E-state index contributed by atoms with van der Waals surface area (Å²) in [5.41, 5.74) is 3.81. The van der Waals surface area contributed by atoms with Crippen molar-refractivity contribution in [1.29, 1.82) is 0 Å². The molecule has 0 saturated carbocycles. The molecule has 1 aliphatic heterocycles. The maximum atomic E-state index is 12.6. The number of hydrogen-bond donors (Lipinski definition) is 2. The molecule has 2 amide bonds. The first-order valence-electron chi connectivity index (χ1n) is 9.59. The predicted octanol–water partition coefficient (Wildman–Crippen LogP) is 4.68. The van der Waals surface area contributed by atoms with E-state index >= 15 is 0 Å². The Balaban J connectivity index is 1.86. The van der Waals surface area contributed by atoms with E-state index in [1.54, 1.807) is 20.8 Å². The number of carbonyl (C=O) groups excluding carboxylic acids is 2. The molecule has 0 radical (unpaired) electrons. The van der Waals surface area contributed by atoms with Gasteiger partial charge in [0.25, 0.3) is 0 Å². The highest BCUT2D eigenvalue weighted by molar-refractivity contribution is 5.95. The van der Waals surface area contributed by atoms with Crippen molar-refractivity contribution >= 4 is 12.0 Å². The van der Waals surface area contributed by atoms with Crippen LogP contribution in [0.2, 0.25) is 0 Å². The number of urea groups is 1. The fourth-order valence-corrected chi connectivity index (χ4v) is 3.16. The number of carbonyl (C=O) groups is 2. The molecule has 6 nitrogen and oxygen atoms in total. The predicted molar refractivity (Wildman–Crippen MR) is 111 cm³/mol. The lowest BCUT2D eigenvalue weighted by molar-refractivity contribution is -0.143. The molecular formula is C23H26N2O4. The Morgan fingerprint density at radius 3 is 2.38 bits per heavy atom. The molecule has 0 saturated heterocycles. The minimum Gasteiger partial charge on any atom is -0.459 e. The Labute approximate surface area is 170 Å². The van der Waals surface area contributed by atoms with E-state index in [1.807, 2.05) is 56.3 Å². The standard InChI is InChI=1S/C23H26N2O4/c1-13(2)28-22(26)20-16(5)24-23(27)25-21(20)17-8-10-18(11-9-17)29-19-12-14(3)6-7-15(19)4/h6-13,21H,1-5H3,(H2,24,25,27). The lowest BCUT2D eigenvalue weighted by Gasteiger charge is -2.28. The normalized spacial score (nSPS) is 16.3. The number of aryl methyl sites for hydroxylation is 2.